The molecule has 0 aliphatic heterocycles. The van der Waals surface area contributed by atoms with Gasteiger partial charge >= 0.3 is 5.97 Å². The van der Waals surface area contributed by atoms with E-state index in [-0.39, 0.29) is 17.4 Å². The molecule has 1 aromatic heterocycles. The van der Waals surface area contributed by atoms with Crippen molar-refractivity contribution in [3.8, 4) is 0 Å². The molecular weight excluding hydrogens is 400 g/mol. The molecule has 0 bridgehead atoms. The van der Waals surface area contributed by atoms with E-state index in [0.29, 0.717) is 34.1 Å². The molecule has 0 saturated carbocycles. The molecule has 3 aromatic rings. The highest BCUT2D eigenvalue weighted by molar-refractivity contribution is 7.18. The first-order chi connectivity index (χ1) is 14.4. The maximum Gasteiger partial charge on any atom is 0.341 e. The van der Waals surface area contributed by atoms with E-state index in [1.807, 2.05) is 50.2 Å². The zero-order chi connectivity index (χ0) is 21.8. The summed E-state index contributed by atoms with van der Waals surface area (Å²) in [6, 6.07) is 13.1. The Morgan fingerprint density at radius 2 is 1.70 bits per heavy atom. The molecule has 0 radical (unpaired) electrons. The van der Waals surface area contributed by atoms with Crippen LogP contribution in [-0.2, 0) is 4.74 Å². The monoisotopic (exact) mass is 424 g/mol. The van der Waals surface area contributed by atoms with Gasteiger partial charge in [-0.2, -0.15) is 0 Å². The van der Waals surface area contributed by atoms with Gasteiger partial charge in [0.05, 0.1) is 17.6 Å². The molecule has 3 rings (SSSR count). The van der Waals surface area contributed by atoms with Crippen LogP contribution in [0.15, 0.2) is 42.5 Å². The fourth-order valence-corrected chi connectivity index (χ4v) is 4.56. The van der Waals surface area contributed by atoms with Crippen LogP contribution in [0, 0.1) is 6.92 Å². The van der Waals surface area contributed by atoms with Gasteiger partial charge in [-0.25, -0.2) is 4.79 Å². The van der Waals surface area contributed by atoms with Gasteiger partial charge in [0.15, 0.2) is 0 Å². The number of nitrogens with zero attached hydrogens (tertiary/aromatic N) is 1. The van der Waals surface area contributed by atoms with Gasteiger partial charge in [-0.1, -0.05) is 36.4 Å². The van der Waals surface area contributed by atoms with Crippen LogP contribution in [0.4, 0.5) is 5.00 Å². The second-order valence-corrected chi connectivity index (χ2v) is 7.73. The van der Waals surface area contributed by atoms with E-state index in [1.54, 1.807) is 17.9 Å². The van der Waals surface area contributed by atoms with E-state index in [4.69, 9.17) is 4.74 Å². The maximum atomic E-state index is 13.1. The van der Waals surface area contributed by atoms with Crippen molar-refractivity contribution in [3.63, 3.8) is 0 Å². The SMILES string of the molecule is CCN(CC)C(=O)c1sc(NC(=O)c2cccc3ccccc23)c(C(=O)OC)c1C. The number of amides is 2. The lowest BCUT2D eigenvalue weighted by Gasteiger charge is -2.17. The average Bonchev–Trinajstić information content (AvgIpc) is 3.09. The zero-order valence-corrected chi connectivity index (χ0v) is 18.3. The standard InChI is InChI=1S/C23H24N2O4S/c1-5-25(6-2)22(27)19-14(3)18(23(28)29-4)21(30-19)24-20(26)17-13-9-11-15-10-7-8-12-16(15)17/h7-13H,5-6H2,1-4H3,(H,24,26). The lowest BCUT2D eigenvalue weighted by Crippen LogP contribution is -2.30. The fraction of sp³-hybridized carbons (Fsp3) is 0.261. The van der Waals surface area contributed by atoms with Crippen LogP contribution < -0.4 is 5.32 Å². The van der Waals surface area contributed by atoms with Gasteiger partial charge in [-0.3, -0.25) is 9.59 Å². The minimum atomic E-state index is -0.587. The Kier molecular flexibility index (Phi) is 6.52. The van der Waals surface area contributed by atoms with E-state index >= 15 is 0 Å². The van der Waals surface area contributed by atoms with Crippen LogP contribution in [0.1, 0.15) is 49.8 Å². The van der Waals surface area contributed by atoms with E-state index in [1.165, 1.54) is 7.11 Å². The number of nitrogens with one attached hydrogen (secondary N) is 1. The molecule has 156 valence electrons. The fourth-order valence-electron chi connectivity index (χ4n) is 3.40. The third-order valence-electron chi connectivity index (χ3n) is 5.04. The maximum absolute atomic E-state index is 13.1. The van der Waals surface area contributed by atoms with Crippen molar-refractivity contribution in [2.45, 2.75) is 20.8 Å². The number of esters is 1. The average molecular weight is 425 g/mol. The molecule has 0 saturated heterocycles. The summed E-state index contributed by atoms with van der Waals surface area (Å²) in [5, 5.41) is 4.90. The number of carbonyl (C=O) groups is 3. The van der Waals surface area contributed by atoms with Gasteiger partial charge in [-0.15, -0.1) is 11.3 Å². The molecule has 0 fully saturated rings. The highest BCUT2D eigenvalue weighted by Crippen LogP contribution is 2.35. The van der Waals surface area contributed by atoms with Crippen molar-refractivity contribution in [1.82, 2.24) is 4.90 Å². The van der Waals surface area contributed by atoms with Crippen molar-refractivity contribution in [2.24, 2.45) is 0 Å². The van der Waals surface area contributed by atoms with E-state index in [9.17, 15) is 14.4 Å². The van der Waals surface area contributed by atoms with Gasteiger partial charge in [0.1, 0.15) is 5.00 Å². The number of hydrogen-bond donors (Lipinski definition) is 1. The van der Waals surface area contributed by atoms with Gasteiger partial charge in [0.25, 0.3) is 11.8 Å². The molecule has 1 heterocycles. The number of carbonyl (C=O) groups excluding carboxylic acids is 3. The molecule has 0 spiro atoms. The molecule has 7 heteroatoms. The number of hydrogen-bond acceptors (Lipinski definition) is 5. The molecule has 6 nitrogen and oxygen atoms in total. The number of thiophene rings is 1. The Balaban J connectivity index is 2.04. The second kappa shape index (κ2) is 9.09. The molecule has 0 unspecified atom stereocenters. The van der Waals surface area contributed by atoms with E-state index < -0.39 is 5.97 Å². The molecule has 0 atom stereocenters. The number of benzene rings is 2. The molecular formula is C23H24N2O4S. The normalized spacial score (nSPS) is 10.7. The van der Waals surface area contributed by atoms with Crippen molar-refractivity contribution in [3.05, 3.63) is 64.0 Å². The lowest BCUT2D eigenvalue weighted by molar-refractivity contribution is 0.0601. The summed E-state index contributed by atoms with van der Waals surface area (Å²) >= 11 is 1.10. The molecule has 0 aliphatic carbocycles. The summed E-state index contributed by atoms with van der Waals surface area (Å²) in [6.45, 7) is 6.60. The smallest absolute Gasteiger partial charge is 0.341 e. The molecule has 2 aromatic carbocycles. The van der Waals surface area contributed by atoms with Gasteiger partial charge < -0.3 is 15.0 Å². The first kappa shape index (κ1) is 21.5. The highest BCUT2D eigenvalue weighted by Gasteiger charge is 2.28. The third kappa shape index (κ3) is 3.93. The third-order valence-corrected chi connectivity index (χ3v) is 6.24. The lowest BCUT2D eigenvalue weighted by atomic mass is 10.0. The second-order valence-electron chi connectivity index (χ2n) is 6.71. The molecule has 1 N–H and O–H groups in total. The Morgan fingerprint density at radius 1 is 1.03 bits per heavy atom. The minimum Gasteiger partial charge on any atom is -0.465 e. The molecule has 30 heavy (non-hydrogen) atoms. The van der Waals surface area contributed by atoms with E-state index in [2.05, 4.69) is 5.32 Å². The predicted octanol–water partition coefficient (Wildman–Crippen LogP) is 4.73. The van der Waals surface area contributed by atoms with Crippen LogP contribution >= 0.6 is 11.3 Å². The Bertz CT molecular complexity index is 1110. The van der Waals surface area contributed by atoms with Crippen LogP contribution in [0.5, 0.6) is 0 Å². The number of anilines is 1. The van der Waals surface area contributed by atoms with Crippen molar-refractivity contribution in [2.75, 3.05) is 25.5 Å². The number of methoxy groups -OCH3 is 1. The highest BCUT2D eigenvalue weighted by atomic mass is 32.1. The number of fused-ring (bicyclic) bond motifs is 1. The van der Waals surface area contributed by atoms with Gasteiger partial charge in [-0.05, 0) is 43.2 Å². The summed E-state index contributed by atoms with van der Waals surface area (Å²) in [5.74, 6) is -1.10. The van der Waals surface area contributed by atoms with Gasteiger partial charge in [0, 0.05) is 18.7 Å². The molecule has 2 amide bonds. The van der Waals surface area contributed by atoms with Crippen molar-refractivity contribution < 1.29 is 19.1 Å². The topological polar surface area (TPSA) is 75.7 Å². The number of ether oxygens (including phenoxy) is 1. The summed E-state index contributed by atoms with van der Waals surface area (Å²) in [7, 11) is 1.28. The van der Waals surface area contributed by atoms with Crippen LogP contribution in [0.25, 0.3) is 10.8 Å². The van der Waals surface area contributed by atoms with Crippen LogP contribution in [0.3, 0.4) is 0 Å². The Morgan fingerprint density at radius 3 is 2.37 bits per heavy atom. The van der Waals surface area contributed by atoms with Crippen molar-refractivity contribution in [1.29, 1.82) is 0 Å². The first-order valence-electron chi connectivity index (χ1n) is 9.72. The quantitative estimate of drug-likeness (QED) is 0.581. The van der Waals surface area contributed by atoms with Crippen LogP contribution in [-0.4, -0.2) is 42.9 Å². The predicted molar refractivity (Wildman–Crippen MR) is 120 cm³/mol. The van der Waals surface area contributed by atoms with Crippen LogP contribution in [0.2, 0.25) is 0 Å². The first-order valence-corrected chi connectivity index (χ1v) is 10.5. The zero-order valence-electron chi connectivity index (χ0n) is 17.4. The number of rotatable bonds is 6. The minimum absolute atomic E-state index is 0.168. The van der Waals surface area contributed by atoms with Gasteiger partial charge in [0.2, 0.25) is 0 Å². The summed E-state index contributed by atoms with van der Waals surface area (Å²) < 4.78 is 4.91. The summed E-state index contributed by atoms with van der Waals surface area (Å²) in [5.41, 5.74) is 1.22. The van der Waals surface area contributed by atoms with E-state index in [0.717, 1.165) is 22.1 Å². The van der Waals surface area contributed by atoms with Crippen molar-refractivity contribution >= 4 is 44.9 Å². The largest absolute Gasteiger partial charge is 0.465 e. The molecule has 0 aliphatic rings. The Hall–Kier alpha value is -3.19. The summed E-state index contributed by atoms with van der Waals surface area (Å²) in [4.78, 5) is 40.5. The summed E-state index contributed by atoms with van der Waals surface area (Å²) in [6.07, 6.45) is 0. The Labute approximate surface area is 179 Å².